The number of halogens is 1. The van der Waals surface area contributed by atoms with Crippen LogP contribution in [0.4, 0.5) is 4.39 Å². The number of amides is 2. The zero-order valence-electron chi connectivity index (χ0n) is 15.7. The van der Waals surface area contributed by atoms with Crippen molar-refractivity contribution >= 4 is 17.8 Å². The van der Waals surface area contributed by atoms with Crippen LogP contribution >= 0.6 is 0 Å². The normalized spacial score (nSPS) is 10.2. The first-order chi connectivity index (χ1) is 13.4. The predicted molar refractivity (Wildman–Crippen MR) is 102 cm³/mol. The molecule has 1 N–H and O–H groups in total. The SMILES string of the molecule is CN(Cc1cccc(F)c1)C(=O)COC(=O)CCNC(=O)Cc1ccccc1. The van der Waals surface area contributed by atoms with Crippen LogP contribution in [-0.4, -0.2) is 42.9 Å². The Hall–Kier alpha value is -3.22. The molecule has 2 rings (SSSR count). The molecule has 0 aliphatic heterocycles. The van der Waals surface area contributed by atoms with Crippen LogP contribution in [0.5, 0.6) is 0 Å². The summed E-state index contributed by atoms with van der Waals surface area (Å²) in [6.07, 6.45) is 0.209. The van der Waals surface area contributed by atoms with Gasteiger partial charge in [-0.3, -0.25) is 14.4 Å². The third kappa shape index (κ3) is 7.57. The molecule has 7 heteroatoms. The smallest absolute Gasteiger partial charge is 0.308 e. The number of likely N-dealkylation sites (N-methyl/N-ethyl adjacent to an activating group) is 1. The molecule has 0 aliphatic rings. The lowest BCUT2D eigenvalue weighted by Gasteiger charge is -2.17. The van der Waals surface area contributed by atoms with Gasteiger partial charge in [0, 0.05) is 20.1 Å². The van der Waals surface area contributed by atoms with Gasteiger partial charge in [-0.05, 0) is 23.3 Å². The average molecular weight is 386 g/mol. The molecule has 0 aliphatic carbocycles. The summed E-state index contributed by atoms with van der Waals surface area (Å²) < 4.78 is 18.1. The molecule has 0 atom stereocenters. The molecule has 6 nitrogen and oxygen atoms in total. The summed E-state index contributed by atoms with van der Waals surface area (Å²) in [6.45, 7) is -0.0515. The minimum atomic E-state index is -0.576. The molecule has 148 valence electrons. The number of nitrogens with one attached hydrogen (secondary N) is 1. The van der Waals surface area contributed by atoms with Crippen LogP contribution in [0.25, 0.3) is 0 Å². The van der Waals surface area contributed by atoms with E-state index in [1.165, 1.54) is 17.0 Å². The molecule has 28 heavy (non-hydrogen) atoms. The highest BCUT2D eigenvalue weighted by atomic mass is 19.1. The largest absolute Gasteiger partial charge is 0.456 e. The maximum Gasteiger partial charge on any atom is 0.308 e. The van der Waals surface area contributed by atoms with Crippen LogP contribution in [0.15, 0.2) is 54.6 Å². The Kier molecular flexibility index (Phi) is 8.14. The third-order valence-corrected chi connectivity index (χ3v) is 3.95. The quantitative estimate of drug-likeness (QED) is 0.670. The fourth-order valence-corrected chi connectivity index (χ4v) is 2.47. The van der Waals surface area contributed by atoms with Crippen molar-refractivity contribution in [1.29, 1.82) is 0 Å². The van der Waals surface area contributed by atoms with E-state index in [2.05, 4.69) is 5.32 Å². The van der Waals surface area contributed by atoms with E-state index >= 15 is 0 Å². The molecule has 0 fully saturated rings. The van der Waals surface area contributed by atoms with Crippen molar-refractivity contribution in [1.82, 2.24) is 10.2 Å². The first-order valence-electron chi connectivity index (χ1n) is 8.88. The Balaban J connectivity index is 1.63. The Bertz CT molecular complexity index is 811. The Morgan fingerprint density at radius 1 is 1.04 bits per heavy atom. The zero-order valence-corrected chi connectivity index (χ0v) is 15.7. The van der Waals surface area contributed by atoms with Gasteiger partial charge in [-0.25, -0.2) is 4.39 Å². The molecule has 0 heterocycles. The molecule has 0 saturated carbocycles. The lowest BCUT2D eigenvalue weighted by molar-refractivity contribution is -0.151. The van der Waals surface area contributed by atoms with Crippen molar-refractivity contribution < 1.29 is 23.5 Å². The molecular weight excluding hydrogens is 363 g/mol. The average Bonchev–Trinajstić information content (AvgIpc) is 2.67. The molecular formula is C21H23FN2O4. The first-order valence-corrected chi connectivity index (χ1v) is 8.88. The van der Waals surface area contributed by atoms with Crippen LogP contribution in [0.1, 0.15) is 17.5 Å². The summed E-state index contributed by atoms with van der Waals surface area (Å²) in [5.74, 6) is -1.54. The van der Waals surface area contributed by atoms with E-state index in [-0.39, 0.29) is 37.7 Å². The van der Waals surface area contributed by atoms with Gasteiger partial charge in [0.15, 0.2) is 6.61 Å². The summed E-state index contributed by atoms with van der Waals surface area (Å²) in [4.78, 5) is 36.9. The third-order valence-electron chi connectivity index (χ3n) is 3.95. The first kappa shape index (κ1) is 21.1. The number of carbonyl (C=O) groups is 3. The topological polar surface area (TPSA) is 75.7 Å². The number of nitrogens with zero attached hydrogens (tertiary/aromatic N) is 1. The van der Waals surface area contributed by atoms with Crippen LogP contribution in [0.3, 0.4) is 0 Å². The lowest BCUT2D eigenvalue weighted by Crippen LogP contribution is -2.32. The van der Waals surface area contributed by atoms with Crippen LogP contribution in [-0.2, 0) is 32.1 Å². The highest BCUT2D eigenvalue weighted by molar-refractivity contribution is 5.81. The van der Waals surface area contributed by atoms with Gasteiger partial charge < -0.3 is 15.0 Å². The van der Waals surface area contributed by atoms with Gasteiger partial charge in [-0.15, -0.1) is 0 Å². The number of hydrogen-bond acceptors (Lipinski definition) is 4. The lowest BCUT2D eigenvalue weighted by atomic mass is 10.1. The maximum absolute atomic E-state index is 13.2. The Morgan fingerprint density at radius 2 is 1.75 bits per heavy atom. The summed E-state index contributed by atoms with van der Waals surface area (Å²) >= 11 is 0. The molecule has 2 amide bonds. The fraction of sp³-hybridized carbons (Fsp3) is 0.286. The summed E-state index contributed by atoms with van der Waals surface area (Å²) in [6, 6.07) is 15.2. The van der Waals surface area contributed by atoms with Crippen LogP contribution < -0.4 is 5.32 Å². The van der Waals surface area contributed by atoms with E-state index < -0.39 is 18.5 Å². The summed E-state index contributed by atoms with van der Waals surface area (Å²) in [5.41, 5.74) is 1.53. The number of carbonyl (C=O) groups excluding carboxylic acids is 3. The minimum absolute atomic E-state index is 0.0264. The van der Waals surface area contributed by atoms with Crippen LogP contribution in [0, 0.1) is 5.82 Å². The van der Waals surface area contributed by atoms with Gasteiger partial charge in [0.2, 0.25) is 5.91 Å². The zero-order chi connectivity index (χ0) is 20.4. The minimum Gasteiger partial charge on any atom is -0.456 e. The number of esters is 1. The van der Waals surface area contributed by atoms with Crippen molar-refractivity contribution in [3.63, 3.8) is 0 Å². The van der Waals surface area contributed by atoms with E-state index in [0.717, 1.165) is 5.56 Å². The molecule has 2 aromatic rings. The fourth-order valence-electron chi connectivity index (χ4n) is 2.47. The highest BCUT2D eigenvalue weighted by Gasteiger charge is 2.13. The van der Waals surface area contributed by atoms with Crippen LogP contribution in [0.2, 0.25) is 0 Å². The van der Waals surface area contributed by atoms with Gasteiger partial charge in [0.05, 0.1) is 12.8 Å². The second-order valence-corrected chi connectivity index (χ2v) is 6.30. The number of ether oxygens (including phenoxy) is 1. The molecule has 0 unspecified atom stereocenters. The monoisotopic (exact) mass is 386 g/mol. The van der Waals surface area contributed by atoms with Crippen molar-refractivity contribution in [3.05, 3.63) is 71.5 Å². The molecule has 0 radical (unpaired) electrons. The van der Waals surface area contributed by atoms with Crippen molar-refractivity contribution in [2.75, 3.05) is 20.2 Å². The second kappa shape index (κ2) is 10.8. The second-order valence-electron chi connectivity index (χ2n) is 6.30. The van der Waals surface area contributed by atoms with E-state index in [4.69, 9.17) is 4.74 Å². The molecule has 0 bridgehead atoms. The van der Waals surface area contributed by atoms with Gasteiger partial charge in [-0.2, -0.15) is 0 Å². The summed E-state index contributed by atoms with van der Waals surface area (Å²) in [5, 5.41) is 2.64. The molecule has 0 aromatic heterocycles. The van der Waals surface area contributed by atoms with E-state index in [1.54, 1.807) is 19.2 Å². The van der Waals surface area contributed by atoms with Crippen molar-refractivity contribution in [3.8, 4) is 0 Å². The summed E-state index contributed by atoms with van der Waals surface area (Å²) in [7, 11) is 1.55. The molecule has 0 spiro atoms. The Morgan fingerprint density at radius 3 is 2.46 bits per heavy atom. The maximum atomic E-state index is 13.2. The Labute approximate surface area is 163 Å². The predicted octanol–water partition coefficient (Wildman–Crippen LogP) is 2.08. The number of benzene rings is 2. The van der Waals surface area contributed by atoms with Crippen molar-refractivity contribution in [2.45, 2.75) is 19.4 Å². The highest BCUT2D eigenvalue weighted by Crippen LogP contribution is 2.06. The van der Waals surface area contributed by atoms with Crippen molar-refractivity contribution in [2.24, 2.45) is 0 Å². The van der Waals surface area contributed by atoms with E-state index in [9.17, 15) is 18.8 Å². The van der Waals surface area contributed by atoms with Gasteiger partial charge in [0.1, 0.15) is 5.82 Å². The van der Waals surface area contributed by atoms with E-state index in [1.807, 2.05) is 30.3 Å². The van der Waals surface area contributed by atoms with E-state index in [0.29, 0.717) is 5.56 Å². The number of rotatable bonds is 9. The molecule has 0 saturated heterocycles. The van der Waals surface area contributed by atoms with Gasteiger partial charge >= 0.3 is 5.97 Å². The van der Waals surface area contributed by atoms with Gasteiger partial charge in [-0.1, -0.05) is 42.5 Å². The van der Waals surface area contributed by atoms with Gasteiger partial charge in [0.25, 0.3) is 5.91 Å². The standard InChI is InChI=1S/C21H23FN2O4/c1-24(14-17-8-5-9-18(22)12-17)20(26)15-28-21(27)10-11-23-19(25)13-16-6-3-2-4-7-16/h2-9,12H,10-11,13-15H2,1H3,(H,23,25). The molecule has 2 aromatic carbocycles. The number of hydrogen-bond donors (Lipinski definition) is 1.